The minimum Gasteiger partial charge on any atom is -0.229 e. The summed E-state index contributed by atoms with van der Waals surface area (Å²) in [5.74, 6) is -0.194. The summed E-state index contributed by atoms with van der Waals surface area (Å²) in [4.78, 5) is -0.00729. The molecule has 1 saturated heterocycles. The number of nitrogens with zero attached hydrogens (tertiary/aromatic N) is 1. The summed E-state index contributed by atoms with van der Waals surface area (Å²) in [6.07, 6.45) is 0.274. The van der Waals surface area contributed by atoms with Crippen molar-refractivity contribution in [3.8, 4) is 0 Å². The molecule has 0 radical (unpaired) electrons. The van der Waals surface area contributed by atoms with E-state index in [4.69, 9.17) is 23.2 Å². The molecule has 2 aromatic carbocycles. The lowest BCUT2D eigenvalue weighted by atomic mass is 10.2. The van der Waals surface area contributed by atoms with Crippen LogP contribution in [0.3, 0.4) is 0 Å². The molecule has 1 atom stereocenters. The number of benzene rings is 2. The van der Waals surface area contributed by atoms with Gasteiger partial charge in [0.15, 0.2) is 9.84 Å². The van der Waals surface area contributed by atoms with E-state index in [1.807, 2.05) is 18.2 Å². The fourth-order valence-corrected chi connectivity index (χ4v) is 6.81. The van der Waals surface area contributed by atoms with E-state index in [9.17, 15) is 16.8 Å². The van der Waals surface area contributed by atoms with E-state index in [1.54, 1.807) is 12.1 Å². The summed E-state index contributed by atoms with van der Waals surface area (Å²) >= 11 is 11.9. The molecular weight excluding hydrogens is 417 g/mol. The molecule has 0 spiro atoms. The lowest BCUT2D eigenvalue weighted by Gasteiger charge is -2.27. The zero-order valence-corrected chi connectivity index (χ0v) is 16.8. The molecule has 9 heteroatoms. The molecule has 140 valence electrons. The Bertz CT molecular complexity index is 1010. The lowest BCUT2D eigenvalue weighted by molar-refractivity contribution is 0.334. The topological polar surface area (TPSA) is 71.5 Å². The first-order chi connectivity index (χ1) is 12.2. The molecule has 0 aromatic heterocycles. The van der Waals surface area contributed by atoms with Crippen molar-refractivity contribution < 1.29 is 16.8 Å². The van der Waals surface area contributed by atoms with Crippen LogP contribution in [0.4, 0.5) is 0 Å². The highest BCUT2D eigenvalue weighted by atomic mass is 35.5. The van der Waals surface area contributed by atoms with Crippen molar-refractivity contribution in [2.75, 3.05) is 11.5 Å². The first-order valence-electron chi connectivity index (χ1n) is 7.90. The monoisotopic (exact) mass is 433 g/mol. The van der Waals surface area contributed by atoms with E-state index in [0.717, 1.165) is 5.56 Å². The number of hydrogen-bond acceptors (Lipinski definition) is 4. The Morgan fingerprint density at radius 2 is 1.73 bits per heavy atom. The quantitative estimate of drug-likeness (QED) is 0.724. The van der Waals surface area contributed by atoms with Gasteiger partial charge in [0.2, 0.25) is 10.0 Å². The Morgan fingerprint density at radius 1 is 1.04 bits per heavy atom. The predicted molar refractivity (Wildman–Crippen MR) is 103 cm³/mol. The van der Waals surface area contributed by atoms with E-state index in [1.165, 1.54) is 22.5 Å². The van der Waals surface area contributed by atoms with Crippen LogP contribution in [-0.2, 0) is 26.4 Å². The normalized spacial score (nSPS) is 19.7. The van der Waals surface area contributed by atoms with Crippen molar-refractivity contribution in [1.29, 1.82) is 0 Å². The second-order valence-corrected chi connectivity index (χ2v) is 11.1. The number of rotatable bonds is 5. The molecule has 5 nitrogen and oxygen atoms in total. The van der Waals surface area contributed by atoms with Crippen LogP contribution < -0.4 is 0 Å². The van der Waals surface area contributed by atoms with E-state index >= 15 is 0 Å². The molecular formula is C17H17Cl2NO4S2. The van der Waals surface area contributed by atoms with Gasteiger partial charge >= 0.3 is 0 Å². The number of hydrogen-bond donors (Lipinski definition) is 0. The molecule has 0 bridgehead atoms. The fraction of sp³-hybridized carbons (Fsp3) is 0.294. The minimum absolute atomic E-state index is 0.00729. The first-order valence-corrected chi connectivity index (χ1v) is 11.9. The van der Waals surface area contributed by atoms with Gasteiger partial charge in [0.05, 0.1) is 26.4 Å². The van der Waals surface area contributed by atoms with Crippen LogP contribution in [0.25, 0.3) is 0 Å². The largest absolute Gasteiger partial charge is 0.243 e. The molecule has 0 N–H and O–H groups in total. The van der Waals surface area contributed by atoms with Crippen LogP contribution in [-0.4, -0.2) is 38.7 Å². The molecule has 2 aromatic rings. The van der Waals surface area contributed by atoms with Crippen molar-refractivity contribution in [2.24, 2.45) is 0 Å². The molecule has 1 heterocycles. The van der Waals surface area contributed by atoms with Crippen LogP contribution in [0.1, 0.15) is 12.0 Å². The molecule has 1 aliphatic heterocycles. The van der Waals surface area contributed by atoms with Gasteiger partial charge in [0, 0.05) is 12.6 Å². The minimum atomic E-state index is -3.95. The Morgan fingerprint density at radius 3 is 2.31 bits per heavy atom. The molecule has 26 heavy (non-hydrogen) atoms. The number of sulfonamides is 1. The standard InChI is InChI=1S/C17H17Cl2NO4S2/c18-16-7-6-15(10-17(16)19)26(23,24)20(11-13-4-2-1-3-5-13)14-8-9-25(21,22)12-14/h1-7,10,14H,8-9,11-12H2/t14-/m1/s1. The van der Waals surface area contributed by atoms with Crippen molar-refractivity contribution in [2.45, 2.75) is 23.9 Å². The summed E-state index contributed by atoms with van der Waals surface area (Å²) in [7, 11) is -7.19. The van der Waals surface area contributed by atoms with Gasteiger partial charge in [-0.2, -0.15) is 4.31 Å². The van der Waals surface area contributed by atoms with Crippen LogP contribution in [0.15, 0.2) is 53.4 Å². The second kappa shape index (κ2) is 7.48. The Balaban J connectivity index is 2.02. The highest BCUT2D eigenvalue weighted by molar-refractivity contribution is 7.92. The zero-order valence-electron chi connectivity index (χ0n) is 13.7. The zero-order chi connectivity index (χ0) is 18.9. The van der Waals surface area contributed by atoms with Crippen LogP contribution in [0.2, 0.25) is 10.0 Å². The van der Waals surface area contributed by atoms with Crippen molar-refractivity contribution in [3.05, 3.63) is 64.1 Å². The molecule has 0 unspecified atom stereocenters. The van der Waals surface area contributed by atoms with Gasteiger partial charge in [-0.1, -0.05) is 53.5 Å². The number of halogens is 2. The summed E-state index contributed by atoms with van der Waals surface area (Å²) in [5, 5.41) is 0.384. The van der Waals surface area contributed by atoms with E-state index in [-0.39, 0.29) is 39.4 Å². The van der Waals surface area contributed by atoms with Gasteiger partial charge in [0.25, 0.3) is 0 Å². The summed E-state index contributed by atoms with van der Waals surface area (Å²) in [6, 6.07) is 12.5. The van der Waals surface area contributed by atoms with Crippen molar-refractivity contribution in [3.63, 3.8) is 0 Å². The van der Waals surface area contributed by atoms with Gasteiger partial charge in [-0.25, -0.2) is 16.8 Å². The molecule has 0 amide bonds. The maximum absolute atomic E-state index is 13.2. The molecule has 1 fully saturated rings. The van der Waals surface area contributed by atoms with Gasteiger partial charge < -0.3 is 0 Å². The van der Waals surface area contributed by atoms with Crippen LogP contribution in [0, 0.1) is 0 Å². The molecule has 0 aliphatic carbocycles. The summed E-state index contributed by atoms with van der Waals surface area (Å²) in [6.45, 7) is 0.0869. The van der Waals surface area contributed by atoms with Crippen molar-refractivity contribution in [1.82, 2.24) is 4.31 Å². The molecule has 0 saturated carbocycles. The van der Waals surface area contributed by atoms with E-state index < -0.39 is 25.9 Å². The number of sulfone groups is 1. The molecule has 3 rings (SSSR count). The first kappa shape index (κ1) is 19.6. The van der Waals surface area contributed by atoms with Gasteiger partial charge in [0.1, 0.15) is 0 Å². The highest BCUT2D eigenvalue weighted by Crippen LogP contribution is 2.30. The average Bonchev–Trinajstić information content (AvgIpc) is 2.95. The molecule has 1 aliphatic rings. The maximum Gasteiger partial charge on any atom is 0.243 e. The second-order valence-electron chi connectivity index (χ2n) is 6.17. The van der Waals surface area contributed by atoms with Gasteiger partial charge in [-0.05, 0) is 30.2 Å². The summed E-state index contributed by atoms with van der Waals surface area (Å²) < 4.78 is 51.5. The van der Waals surface area contributed by atoms with Crippen LogP contribution >= 0.6 is 23.2 Å². The Labute approximate surface area is 163 Å². The SMILES string of the molecule is O=S1(=O)CC[C@@H](N(Cc2ccccc2)S(=O)(=O)c2ccc(Cl)c(Cl)c2)C1. The summed E-state index contributed by atoms with van der Waals surface area (Å²) in [5.41, 5.74) is 0.778. The third-order valence-corrected chi connectivity index (χ3v) is 8.68. The van der Waals surface area contributed by atoms with Gasteiger partial charge in [-0.3, -0.25) is 0 Å². The van der Waals surface area contributed by atoms with E-state index in [2.05, 4.69) is 0 Å². The maximum atomic E-state index is 13.2. The van der Waals surface area contributed by atoms with Crippen molar-refractivity contribution >= 4 is 43.1 Å². The van der Waals surface area contributed by atoms with Crippen LogP contribution in [0.5, 0.6) is 0 Å². The predicted octanol–water partition coefficient (Wildman–Crippen LogP) is 3.37. The van der Waals surface area contributed by atoms with Gasteiger partial charge in [-0.15, -0.1) is 0 Å². The highest BCUT2D eigenvalue weighted by Gasteiger charge is 2.39. The Hall–Kier alpha value is -1.12. The smallest absolute Gasteiger partial charge is 0.229 e. The van der Waals surface area contributed by atoms with E-state index in [0.29, 0.717) is 0 Å². The third-order valence-electron chi connectivity index (χ3n) is 4.29. The average molecular weight is 434 g/mol. The fourth-order valence-electron chi connectivity index (χ4n) is 2.95. The third kappa shape index (κ3) is 4.23. The Kier molecular flexibility index (Phi) is 5.65. The lowest BCUT2D eigenvalue weighted by Crippen LogP contribution is -2.40.